The zero-order valence-electron chi connectivity index (χ0n) is 10.8. The van der Waals surface area contributed by atoms with E-state index in [2.05, 4.69) is 20.9 Å². The molecular weight excluding hydrogens is 280 g/mol. The summed E-state index contributed by atoms with van der Waals surface area (Å²) < 4.78 is 5.43. The molecule has 2 unspecified atom stereocenters. The molecule has 2 atom stereocenters. The summed E-state index contributed by atoms with van der Waals surface area (Å²) in [7, 11) is 0. The number of amides is 2. The Balaban J connectivity index is 1.61. The molecule has 0 saturated carbocycles. The number of carbonyl (C=O) groups excluding carboxylic acids is 2. The summed E-state index contributed by atoms with van der Waals surface area (Å²) >= 11 is 0. The van der Waals surface area contributed by atoms with E-state index in [-0.39, 0.29) is 25.0 Å². The van der Waals surface area contributed by atoms with Crippen LogP contribution in [-0.4, -0.2) is 49.5 Å². The molecule has 2 fully saturated rings. The molecule has 0 aliphatic carbocycles. The van der Waals surface area contributed by atoms with Crippen LogP contribution in [0.1, 0.15) is 11.5 Å². The third kappa shape index (κ3) is 3.15. The fourth-order valence-electron chi connectivity index (χ4n) is 1.73. The Morgan fingerprint density at radius 2 is 1.43 bits per heavy atom. The van der Waals surface area contributed by atoms with Crippen molar-refractivity contribution >= 4 is 24.2 Å². The number of nitrogens with one attached hydrogen (secondary N) is 2. The van der Waals surface area contributed by atoms with E-state index in [4.69, 9.17) is 14.1 Å². The van der Waals surface area contributed by atoms with Gasteiger partial charge >= 0.3 is 0 Å². The second kappa shape index (κ2) is 5.85. The Kier molecular flexibility index (Phi) is 3.75. The fraction of sp³-hybridized carbons (Fsp3) is 0.333. The number of hydrogen-bond acceptors (Lipinski definition) is 7. The summed E-state index contributed by atoms with van der Waals surface area (Å²) in [6.45, 7) is 0.391. The van der Waals surface area contributed by atoms with E-state index < -0.39 is 12.1 Å². The molecule has 0 aromatic carbocycles. The van der Waals surface area contributed by atoms with Gasteiger partial charge in [-0.05, 0) is 12.1 Å². The standard InChI is InChI=1S/C12H12N4O5/c17-11-9(5-19-15-11)13-3-7-1-2-8(21-7)4-14-10-6-20-16-12(10)18/h1-4,9-10H,5-6H2,(H,15,17)(H,16,18). The molecule has 2 saturated heterocycles. The largest absolute Gasteiger partial charge is 0.454 e. The van der Waals surface area contributed by atoms with E-state index in [0.29, 0.717) is 11.5 Å². The lowest BCUT2D eigenvalue weighted by atomic mass is 10.3. The number of nitrogens with zero attached hydrogens (tertiary/aromatic N) is 2. The molecule has 3 heterocycles. The van der Waals surface area contributed by atoms with E-state index >= 15 is 0 Å². The van der Waals surface area contributed by atoms with Crippen LogP contribution in [0.3, 0.4) is 0 Å². The lowest BCUT2D eigenvalue weighted by molar-refractivity contribution is -0.125. The normalized spacial score (nSPS) is 25.9. The maximum absolute atomic E-state index is 11.2. The Bertz CT molecular complexity index is 558. The van der Waals surface area contributed by atoms with Crippen LogP contribution in [0, 0.1) is 0 Å². The van der Waals surface area contributed by atoms with Crippen LogP contribution in [0.4, 0.5) is 0 Å². The van der Waals surface area contributed by atoms with Crippen LogP contribution in [0.25, 0.3) is 0 Å². The molecule has 0 spiro atoms. The van der Waals surface area contributed by atoms with Crippen LogP contribution in [0.15, 0.2) is 26.5 Å². The van der Waals surface area contributed by atoms with Crippen LogP contribution in [0.5, 0.6) is 0 Å². The second-order valence-electron chi connectivity index (χ2n) is 4.38. The zero-order valence-corrected chi connectivity index (χ0v) is 10.8. The van der Waals surface area contributed by atoms with Gasteiger partial charge < -0.3 is 4.42 Å². The minimum Gasteiger partial charge on any atom is -0.454 e. The first kappa shape index (κ1) is 13.5. The first-order chi connectivity index (χ1) is 10.2. The molecule has 2 aliphatic heterocycles. The highest BCUT2D eigenvalue weighted by molar-refractivity contribution is 5.88. The molecule has 1 aromatic rings. The number of hydroxylamine groups is 2. The van der Waals surface area contributed by atoms with Crippen LogP contribution in [-0.2, 0) is 19.3 Å². The number of rotatable bonds is 4. The third-order valence-corrected chi connectivity index (χ3v) is 2.84. The first-order valence-corrected chi connectivity index (χ1v) is 6.22. The third-order valence-electron chi connectivity index (χ3n) is 2.84. The summed E-state index contributed by atoms with van der Waals surface area (Å²) in [5.41, 5.74) is 4.43. The lowest BCUT2D eigenvalue weighted by Gasteiger charge is -1.95. The molecule has 9 heteroatoms. The van der Waals surface area contributed by atoms with Gasteiger partial charge in [-0.1, -0.05) is 0 Å². The quantitative estimate of drug-likeness (QED) is 0.689. The number of hydrogen-bond donors (Lipinski definition) is 2. The van der Waals surface area contributed by atoms with Gasteiger partial charge in [0.25, 0.3) is 11.8 Å². The van der Waals surface area contributed by atoms with Crippen molar-refractivity contribution in [2.24, 2.45) is 9.98 Å². The number of carbonyl (C=O) groups is 2. The Morgan fingerprint density at radius 1 is 0.952 bits per heavy atom. The monoisotopic (exact) mass is 292 g/mol. The van der Waals surface area contributed by atoms with Crippen LogP contribution < -0.4 is 11.0 Å². The lowest BCUT2D eigenvalue weighted by Crippen LogP contribution is -2.21. The summed E-state index contributed by atoms with van der Waals surface area (Å²) in [6, 6.07) is 2.24. The number of aliphatic imine (C=N–C) groups is 2. The van der Waals surface area contributed by atoms with Gasteiger partial charge in [0.05, 0.1) is 12.4 Å². The van der Waals surface area contributed by atoms with Gasteiger partial charge in [0, 0.05) is 0 Å². The van der Waals surface area contributed by atoms with E-state index in [1.807, 2.05) is 0 Å². The molecule has 3 rings (SSSR count). The summed E-state index contributed by atoms with van der Waals surface area (Å²) in [6.07, 6.45) is 2.89. The van der Waals surface area contributed by atoms with Gasteiger partial charge in [-0.15, -0.1) is 0 Å². The number of furan rings is 1. The highest BCUT2D eigenvalue weighted by Crippen LogP contribution is 2.07. The predicted octanol–water partition coefficient (Wildman–Crippen LogP) is -1.02. The molecule has 1 aromatic heterocycles. The maximum atomic E-state index is 11.2. The van der Waals surface area contributed by atoms with Crippen LogP contribution in [0.2, 0.25) is 0 Å². The average molecular weight is 292 g/mol. The first-order valence-electron chi connectivity index (χ1n) is 6.22. The SMILES string of the molecule is O=C1NOCC1N=Cc1ccc(C=NC2CONC2=O)o1. The van der Waals surface area contributed by atoms with Gasteiger partial charge in [-0.2, -0.15) is 0 Å². The Labute approximate surface area is 118 Å². The van der Waals surface area contributed by atoms with E-state index in [9.17, 15) is 9.59 Å². The molecule has 0 bridgehead atoms. The van der Waals surface area contributed by atoms with Crippen molar-refractivity contribution in [2.45, 2.75) is 12.1 Å². The second-order valence-corrected chi connectivity index (χ2v) is 4.38. The van der Waals surface area contributed by atoms with Gasteiger partial charge in [0.15, 0.2) is 12.1 Å². The summed E-state index contributed by atoms with van der Waals surface area (Å²) in [5, 5.41) is 0. The van der Waals surface area contributed by atoms with Crippen LogP contribution >= 0.6 is 0 Å². The average Bonchev–Trinajstić information content (AvgIpc) is 3.17. The maximum Gasteiger partial charge on any atom is 0.270 e. The van der Waals surface area contributed by atoms with E-state index in [1.54, 1.807) is 12.1 Å². The van der Waals surface area contributed by atoms with Gasteiger partial charge in [0.1, 0.15) is 24.7 Å². The molecule has 0 radical (unpaired) electrons. The molecule has 21 heavy (non-hydrogen) atoms. The highest BCUT2D eigenvalue weighted by Gasteiger charge is 2.24. The van der Waals surface area contributed by atoms with Crippen molar-refractivity contribution < 1.29 is 23.7 Å². The minimum atomic E-state index is -0.563. The van der Waals surface area contributed by atoms with Crippen molar-refractivity contribution in [3.8, 4) is 0 Å². The van der Waals surface area contributed by atoms with Crippen molar-refractivity contribution in [1.82, 2.24) is 11.0 Å². The summed E-state index contributed by atoms with van der Waals surface area (Å²) in [5.74, 6) is 0.380. The predicted molar refractivity (Wildman–Crippen MR) is 69.7 cm³/mol. The van der Waals surface area contributed by atoms with Crippen molar-refractivity contribution in [2.75, 3.05) is 13.2 Å². The summed E-state index contributed by atoms with van der Waals surface area (Å²) in [4.78, 5) is 40.1. The molecule has 110 valence electrons. The van der Waals surface area contributed by atoms with Gasteiger partial charge in [-0.3, -0.25) is 29.2 Å². The van der Waals surface area contributed by atoms with E-state index in [0.717, 1.165) is 0 Å². The van der Waals surface area contributed by atoms with Crippen molar-refractivity contribution in [3.05, 3.63) is 23.7 Å². The van der Waals surface area contributed by atoms with Gasteiger partial charge in [0.2, 0.25) is 0 Å². The topological polar surface area (TPSA) is 115 Å². The smallest absolute Gasteiger partial charge is 0.270 e. The Hall–Kier alpha value is -2.52. The Morgan fingerprint density at radius 3 is 1.81 bits per heavy atom. The molecular formula is C12H12N4O5. The van der Waals surface area contributed by atoms with Crippen molar-refractivity contribution in [3.63, 3.8) is 0 Å². The molecule has 2 aliphatic rings. The molecule has 9 nitrogen and oxygen atoms in total. The zero-order chi connectivity index (χ0) is 14.7. The molecule has 2 N–H and O–H groups in total. The van der Waals surface area contributed by atoms with E-state index in [1.165, 1.54) is 12.4 Å². The highest BCUT2D eigenvalue weighted by atomic mass is 16.7. The molecule has 2 amide bonds. The minimum absolute atomic E-state index is 0.196. The van der Waals surface area contributed by atoms with Gasteiger partial charge in [-0.25, -0.2) is 11.0 Å². The van der Waals surface area contributed by atoms with Crippen molar-refractivity contribution in [1.29, 1.82) is 0 Å². The fourth-order valence-corrected chi connectivity index (χ4v) is 1.73.